The molecule has 158 valence electrons. The van der Waals surface area contributed by atoms with Crippen LogP contribution >= 0.6 is 0 Å². The normalized spacial score (nSPS) is 11.5. The van der Waals surface area contributed by atoms with Crippen molar-refractivity contribution in [2.75, 3.05) is 21.3 Å². The summed E-state index contributed by atoms with van der Waals surface area (Å²) in [6, 6.07) is 17.1. The van der Waals surface area contributed by atoms with Crippen LogP contribution in [0.1, 0.15) is 23.0 Å². The first-order valence-corrected chi connectivity index (χ1v) is 9.62. The van der Waals surface area contributed by atoms with Gasteiger partial charge in [-0.2, -0.15) is 5.10 Å². The van der Waals surface area contributed by atoms with Crippen molar-refractivity contribution in [3.05, 3.63) is 65.9 Å². The Bertz CT molecular complexity index is 1280. The number of furan rings is 1. The van der Waals surface area contributed by atoms with E-state index in [2.05, 4.69) is 22.7 Å². The summed E-state index contributed by atoms with van der Waals surface area (Å²) in [5.41, 5.74) is 4.18. The number of ether oxygens (including phenoxy) is 3. The van der Waals surface area contributed by atoms with Crippen LogP contribution in [0.5, 0.6) is 17.2 Å². The number of nitrogens with zero attached hydrogens (tertiary/aromatic N) is 1. The van der Waals surface area contributed by atoms with Crippen LogP contribution < -0.4 is 19.6 Å². The molecule has 0 atom stereocenters. The highest BCUT2D eigenvalue weighted by atomic mass is 16.5. The quantitative estimate of drug-likeness (QED) is 0.360. The molecular formula is C24H22N2O5. The predicted molar refractivity (Wildman–Crippen MR) is 119 cm³/mol. The number of carbonyl (C=O) groups excluding carboxylic acids is 1. The number of carbonyl (C=O) groups is 1. The van der Waals surface area contributed by atoms with Crippen molar-refractivity contribution < 1.29 is 23.4 Å². The molecule has 31 heavy (non-hydrogen) atoms. The van der Waals surface area contributed by atoms with E-state index in [-0.39, 0.29) is 0 Å². The number of amides is 1. The highest BCUT2D eigenvalue weighted by Gasteiger charge is 2.17. The van der Waals surface area contributed by atoms with Gasteiger partial charge >= 0.3 is 0 Å². The molecule has 7 heteroatoms. The van der Waals surface area contributed by atoms with E-state index in [1.54, 1.807) is 19.1 Å². The smallest absolute Gasteiger partial charge is 0.271 e. The highest BCUT2D eigenvalue weighted by Crippen LogP contribution is 2.38. The van der Waals surface area contributed by atoms with Crippen LogP contribution in [0.15, 0.2) is 64.1 Å². The Balaban J connectivity index is 1.61. The molecular weight excluding hydrogens is 396 g/mol. The van der Waals surface area contributed by atoms with Gasteiger partial charge in [-0.1, -0.05) is 30.3 Å². The average Bonchev–Trinajstić information content (AvgIpc) is 3.26. The monoisotopic (exact) mass is 418 g/mol. The minimum atomic E-state index is -0.417. The summed E-state index contributed by atoms with van der Waals surface area (Å²) in [7, 11) is 4.49. The summed E-state index contributed by atoms with van der Waals surface area (Å²) < 4.78 is 21.8. The number of methoxy groups -OCH3 is 3. The number of hydrogen-bond acceptors (Lipinski definition) is 6. The van der Waals surface area contributed by atoms with Gasteiger partial charge in [-0.15, -0.1) is 0 Å². The second kappa shape index (κ2) is 8.39. The lowest BCUT2D eigenvalue weighted by molar-refractivity contribution is 0.0954. The standard InChI is InChI=1S/C24H22N2O5/c1-14(20-13-18-17-8-6-5-7-15(17)9-10-19(18)31-20)25-26-24(27)16-11-21(28-2)23(30-4)22(12-16)29-3/h5-13H,1-4H3,(H,26,27)/b25-14-. The van der Waals surface area contributed by atoms with E-state index < -0.39 is 5.91 Å². The van der Waals surface area contributed by atoms with E-state index in [1.807, 2.05) is 30.3 Å². The molecule has 0 radical (unpaired) electrons. The average molecular weight is 418 g/mol. The van der Waals surface area contributed by atoms with Gasteiger partial charge in [0.05, 0.1) is 21.3 Å². The maximum absolute atomic E-state index is 12.7. The summed E-state index contributed by atoms with van der Waals surface area (Å²) in [5.74, 6) is 1.35. The van der Waals surface area contributed by atoms with Crippen molar-refractivity contribution in [1.82, 2.24) is 5.43 Å². The van der Waals surface area contributed by atoms with Crippen molar-refractivity contribution in [3.8, 4) is 17.2 Å². The zero-order chi connectivity index (χ0) is 22.0. The first-order valence-electron chi connectivity index (χ1n) is 9.62. The lowest BCUT2D eigenvalue weighted by atomic mass is 10.1. The molecule has 0 saturated carbocycles. The van der Waals surface area contributed by atoms with Gasteiger partial charge in [0.15, 0.2) is 17.3 Å². The molecule has 3 aromatic carbocycles. The summed E-state index contributed by atoms with van der Waals surface area (Å²) in [5, 5.41) is 7.44. The van der Waals surface area contributed by atoms with Crippen LogP contribution in [0.3, 0.4) is 0 Å². The van der Waals surface area contributed by atoms with Crippen LogP contribution in [-0.2, 0) is 0 Å². The van der Waals surface area contributed by atoms with Gasteiger partial charge in [0.25, 0.3) is 5.91 Å². The van der Waals surface area contributed by atoms with Gasteiger partial charge in [-0.25, -0.2) is 5.43 Å². The zero-order valence-electron chi connectivity index (χ0n) is 17.7. The molecule has 1 heterocycles. The molecule has 0 aliphatic rings. The lowest BCUT2D eigenvalue weighted by Gasteiger charge is -2.13. The molecule has 0 aliphatic carbocycles. The molecule has 0 aliphatic heterocycles. The van der Waals surface area contributed by atoms with Gasteiger partial charge in [0, 0.05) is 10.9 Å². The second-order valence-electron chi connectivity index (χ2n) is 6.86. The summed E-state index contributed by atoms with van der Waals surface area (Å²) in [6.45, 7) is 1.77. The minimum absolute atomic E-state index is 0.321. The Labute approximate surface area is 179 Å². The molecule has 0 saturated heterocycles. The fraction of sp³-hybridized carbons (Fsp3) is 0.167. The van der Waals surface area contributed by atoms with Crippen LogP contribution in [-0.4, -0.2) is 32.9 Å². The van der Waals surface area contributed by atoms with Gasteiger partial charge in [0.2, 0.25) is 5.75 Å². The molecule has 0 unspecified atom stereocenters. The Morgan fingerprint density at radius 1 is 0.903 bits per heavy atom. The number of fused-ring (bicyclic) bond motifs is 3. The summed E-state index contributed by atoms with van der Waals surface area (Å²) in [6.07, 6.45) is 0. The summed E-state index contributed by atoms with van der Waals surface area (Å²) >= 11 is 0. The lowest BCUT2D eigenvalue weighted by Crippen LogP contribution is -2.19. The molecule has 0 bridgehead atoms. The second-order valence-corrected chi connectivity index (χ2v) is 6.86. The number of hydrogen-bond donors (Lipinski definition) is 1. The third-order valence-electron chi connectivity index (χ3n) is 5.03. The van der Waals surface area contributed by atoms with E-state index in [9.17, 15) is 4.79 Å². The number of hydrazone groups is 1. The van der Waals surface area contributed by atoms with E-state index >= 15 is 0 Å². The van der Waals surface area contributed by atoms with E-state index in [1.165, 1.54) is 21.3 Å². The molecule has 4 aromatic rings. The Hall–Kier alpha value is -4.00. The van der Waals surface area contributed by atoms with Gasteiger partial charge in [-0.3, -0.25) is 4.79 Å². The maximum atomic E-state index is 12.7. The Kier molecular flexibility index (Phi) is 5.49. The van der Waals surface area contributed by atoms with Crippen molar-refractivity contribution in [2.24, 2.45) is 5.10 Å². The molecule has 4 rings (SSSR count). The molecule has 1 aromatic heterocycles. The van der Waals surface area contributed by atoms with Gasteiger partial charge in [0.1, 0.15) is 11.3 Å². The largest absolute Gasteiger partial charge is 0.493 e. The first kappa shape index (κ1) is 20.3. The summed E-state index contributed by atoms with van der Waals surface area (Å²) in [4.78, 5) is 12.7. The zero-order valence-corrected chi connectivity index (χ0v) is 17.7. The van der Waals surface area contributed by atoms with Crippen LogP contribution in [0.4, 0.5) is 0 Å². The SMILES string of the molecule is COc1cc(C(=O)N/N=C(/C)c2cc3c(ccc4ccccc43)o2)cc(OC)c1OC. The highest BCUT2D eigenvalue weighted by molar-refractivity contribution is 6.09. The molecule has 0 fully saturated rings. The Morgan fingerprint density at radius 2 is 1.61 bits per heavy atom. The predicted octanol–water partition coefficient (Wildman–Crippen LogP) is 4.77. The van der Waals surface area contributed by atoms with Crippen LogP contribution in [0, 0.1) is 0 Å². The minimum Gasteiger partial charge on any atom is -0.493 e. The van der Waals surface area contributed by atoms with Crippen molar-refractivity contribution in [1.29, 1.82) is 0 Å². The number of benzene rings is 3. The third kappa shape index (κ3) is 3.77. The van der Waals surface area contributed by atoms with Crippen molar-refractivity contribution in [2.45, 2.75) is 6.92 Å². The van der Waals surface area contributed by atoms with Crippen LogP contribution in [0.25, 0.3) is 21.7 Å². The topological polar surface area (TPSA) is 82.3 Å². The number of nitrogens with one attached hydrogen (secondary N) is 1. The molecule has 0 spiro atoms. The van der Waals surface area contributed by atoms with Gasteiger partial charge < -0.3 is 18.6 Å². The molecule has 1 N–H and O–H groups in total. The van der Waals surface area contributed by atoms with Crippen LogP contribution in [0.2, 0.25) is 0 Å². The third-order valence-corrected chi connectivity index (χ3v) is 5.03. The fourth-order valence-electron chi connectivity index (χ4n) is 3.44. The Morgan fingerprint density at radius 3 is 2.29 bits per heavy atom. The molecule has 1 amide bonds. The first-order chi connectivity index (χ1) is 15.0. The van der Waals surface area contributed by atoms with E-state index in [4.69, 9.17) is 18.6 Å². The maximum Gasteiger partial charge on any atom is 0.271 e. The van der Waals surface area contributed by atoms with Crippen molar-refractivity contribution >= 4 is 33.4 Å². The van der Waals surface area contributed by atoms with Gasteiger partial charge in [-0.05, 0) is 42.0 Å². The number of rotatable bonds is 6. The molecule has 7 nitrogen and oxygen atoms in total. The van der Waals surface area contributed by atoms with E-state index in [0.717, 1.165) is 21.7 Å². The van der Waals surface area contributed by atoms with Crippen molar-refractivity contribution in [3.63, 3.8) is 0 Å². The van der Waals surface area contributed by atoms with E-state index in [0.29, 0.717) is 34.3 Å². The fourth-order valence-corrected chi connectivity index (χ4v) is 3.44.